The van der Waals surface area contributed by atoms with E-state index in [0.29, 0.717) is 18.7 Å². The van der Waals surface area contributed by atoms with Crippen LogP contribution >= 0.6 is 0 Å². The van der Waals surface area contributed by atoms with Crippen LogP contribution in [-0.2, 0) is 21.0 Å². The average Bonchev–Trinajstić information content (AvgIpc) is 2.89. The number of pyridine rings is 1. The van der Waals surface area contributed by atoms with Crippen LogP contribution in [-0.4, -0.2) is 41.8 Å². The van der Waals surface area contributed by atoms with Crippen molar-refractivity contribution in [3.05, 3.63) is 100 Å². The highest BCUT2D eigenvalue weighted by molar-refractivity contribution is 7.91. The van der Waals surface area contributed by atoms with Crippen molar-refractivity contribution in [1.29, 1.82) is 0 Å². The minimum absolute atomic E-state index is 0.116. The van der Waals surface area contributed by atoms with Crippen molar-refractivity contribution >= 4 is 9.84 Å². The van der Waals surface area contributed by atoms with Gasteiger partial charge in [-0.05, 0) is 53.8 Å². The highest BCUT2D eigenvalue weighted by Gasteiger charge is 2.32. The molecule has 0 aliphatic carbocycles. The van der Waals surface area contributed by atoms with Crippen LogP contribution in [0.2, 0.25) is 0 Å². The summed E-state index contributed by atoms with van der Waals surface area (Å²) >= 11 is 0. The van der Waals surface area contributed by atoms with Gasteiger partial charge in [0.05, 0.1) is 17.5 Å². The Hall–Kier alpha value is -3.82. The van der Waals surface area contributed by atoms with E-state index in [-0.39, 0.29) is 11.5 Å². The molecule has 0 saturated carbocycles. The number of aromatic hydroxyl groups is 1. The Morgan fingerprint density at radius 3 is 2.38 bits per heavy atom. The van der Waals surface area contributed by atoms with Crippen molar-refractivity contribution in [1.82, 2.24) is 14.5 Å². The summed E-state index contributed by atoms with van der Waals surface area (Å²) in [5.41, 5.74) is 2.59. The average molecular weight is 520 g/mol. The van der Waals surface area contributed by atoms with E-state index >= 15 is 0 Å². The van der Waals surface area contributed by atoms with Gasteiger partial charge in [0.25, 0.3) is 5.56 Å². The Kier molecular flexibility index (Phi) is 7.85. The maximum absolute atomic E-state index is 13.8. The number of sulfone groups is 1. The molecule has 8 nitrogen and oxygen atoms in total. The summed E-state index contributed by atoms with van der Waals surface area (Å²) < 4.78 is 34.1. The van der Waals surface area contributed by atoms with Gasteiger partial charge in [0, 0.05) is 25.9 Å². The first-order valence-corrected chi connectivity index (χ1v) is 13.4. The molecular weight excluding hydrogens is 490 g/mol. The zero-order chi connectivity index (χ0) is 26.6. The molecule has 37 heavy (non-hydrogen) atoms. The minimum Gasteiger partial charge on any atom is -0.492 e. The van der Waals surface area contributed by atoms with E-state index in [9.17, 15) is 18.3 Å². The summed E-state index contributed by atoms with van der Waals surface area (Å²) in [6.07, 6.45) is 4.41. The normalized spacial score (nSPS) is 12.4. The van der Waals surface area contributed by atoms with E-state index in [1.165, 1.54) is 23.8 Å². The molecule has 0 unspecified atom stereocenters. The van der Waals surface area contributed by atoms with Gasteiger partial charge < -0.3 is 9.84 Å². The van der Waals surface area contributed by atoms with Crippen LogP contribution in [0.1, 0.15) is 36.3 Å². The SMILES string of the molecule is CCCc1nc(O)c(S(=O)(=O)c2ccc(-c3ccncc3C)cc2)c(=O)n1[C@@H](COC)c1ccccc1. The summed E-state index contributed by atoms with van der Waals surface area (Å²) in [5.74, 6) is -0.513. The summed E-state index contributed by atoms with van der Waals surface area (Å²) in [4.78, 5) is 21.3. The van der Waals surface area contributed by atoms with E-state index in [1.807, 2.05) is 50.2 Å². The molecule has 4 rings (SSSR count). The number of hydrogen-bond donors (Lipinski definition) is 1. The lowest BCUT2D eigenvalue weighted by atomic mass is 10.0. The van der Waals surface area contributed by atoms with Crippen LogP contribution in [0.5, 0.6) is 5.88 Å². The van der Waals surface area contributed by atoms with Crippen LogP contribution < -0.4 is 5.56 Å². The molecule has 4 aromatic rings. The molecule has 0 saturated heterocycles. The van der Waals surface area contributed by atoms with E-state index < -0.39 is 32.2 Å². The van der Waals surface area contributed by atoms with Gasteiger partial charge in [-0.3, -0.25) is 14.3 Å². The van der Waals surface area contributed by atoms with Crippen LogP contribution in [0.15, 0.2) is 87.6 Å². The van der Waals surface area contributed by atoms with E-state index in [4.69, 9.17) is 4.74 Å². The molecule has 2 aromatic heterocycles. The molecule has 9 heteroatoms. The Morgan fingerprint density at radius 2 is 1.76 bits per heavy atom. The molecule has 192 valence electrons. The maximum Gasteiger partial charge on any atom is 0.277 e. The first-order valence-electron chi connectivity index (χ1n) is 11.9. The molecule has 0 bridgehead atoms. The van der Waals surface area contributed by atoms with Crippen molar-refractivity contribution in [3.8, 4) is 17.0 Å². The number of ether oxygens (including phenoxy) is 1. The second-order valence-corrected chi connectivity index (χ2v) is 10.6. The van der Waals surface area contributed by atoms with Crippen molar-refractivity contribution in [2.45, 2.75) is 42.5 Å². The molecule has 0 aliphatic rings. The predicted octanol–water partition coefficient (Wildman–Crippen LogP) is 4.34. The first-order chi connectivity index (χ1) is 17.8. The fourth-order valence-corrected chi connectivity index (χ4v) is 5.73. The van der Waals surface area contributed by atoms with Crippen LogP contribution in [0.25, 0.3) is 11.1 Å². The van der Waals surface area contributed by atoms with E-state index in [0.717, 1.165) is 22.3 Å². The van der Waals surface area contributed by atoms with Crippen molar-refractivity contribution in [2.75, 3.05) is 13.7 Å². The molecule has 2 heterocycles. The van der Waals surface area contributed by atoms with Crippen molar-refractivity contribution in [3.63, 3.8) is 0 Å². The molecule has 0 spiro atoms. The Labute approximate surface area is 216 Å². The van der Waals surface area contributed by atoms with Crippen LogP contribution in [0.4, 0.5) is 0 Å². The first kappa shape index (κ1) is 26.2. The molecule has 0 amide bonds. The Morgan fingerprint density at radius 1 is 1.05 bits per heavy atom. The van der Waals surface area contributed by atoms with Gasteiger partial charge in [0.2, 0.25) is 15.7 Å². The highest BCUT2D eigenvalue weighted by atomic mass is 32.2. The third-order valence-electron chi connectivity index (χ3n) is 6.19. The lowest BCUT2D eigenvalue weighted by Gasteiger charge is -2.23. The lowest BCUT2D eigenvalue weighted by molar-refractivity contribution is 0.165. The Bertz CT molecular complexity index is 1550. The molecule has 1 atom stereocenters. The molecular formula is C28H29N3O5S. The minimum atomic E-state index is -4.39. The molecule has 0 fully saturated rings. The number of rotatable bonds is 9. The van der Waals surface area contributed by atoms with E-state index in [2.05, 4.69) is 9.97 Å². The third-order valence-corrected chi connectivity index (χ3v) is 7.98. The molecule has 0 aliphatic heterocycles. The third kappa shape index (κ3) is 5.19. The van der Waals surface area contributed by atoms with Crippen molar-refractivity contribution < 1.29 is 18.3 Å². The standard InChI is InChI=1S/C28H29N3O5S/c1-4-8-25-30-27(32)26(28(33)31(25)24(18-36-3)21-9-6-5-7-10-21)37(34,35)22-13-11-20(12-14-22)23-15-16-29-17-19(23)2/h5-7,9-17,24,32H,4,8,18H2,1-3H3/t24-/m0/s1. The van der Waals surface area contributed by atoms with Gasteiger partial charge in [-0.15, -0.1) is 0 Å². The van der Waals surface area contributed by atoms with Gasteiger partial charge in [-0.25, -0.2) is 8.42 Å². The van der Waals surface area contributed by atoms with Gasteiger partial charge >= 0.3 is 0 Å². The number of hydrogen-bond acceptors (Lipinski definition) is 7. The molecule has 0 radical (unpaired) electrons. The van der Waals surface area contributed by atoms with Gasteiger partial charge in [-0.1, -0.05) is 49.4 Å². The smallest absolute Gasteiger partial charge is 0.277 e. The zero-order valence-corrected chi connectivity index (χ0v) is 21.8. The number of nitrogens with zero attached hydrogens (tertiary/aromatic N) is 3. The summed E-state index contributed by atoms with van der Waals surface area (Å²) in [6, 6.07) is 16.6. The largest absolute Gasteiger partial charge is 0.492 e. The van der Waals surface area contributed by atoms with Gasteiger partial charge in [0.1, 0.15) is 5.82 Å². The predicted molar refractivity (Wildman–Crippen MR) is 140 cm³/mol. The fourth-order valence-electron chi connectivity index (χ4n) is 4.39. The Balaban J connectivity index is 1.87. The number of methoxy groups -OCH3 is 1. The topological polar surface area (TPSA) is 111 Å². The van der Waals surface area contributed by atoms with E-state index in [1.54, 1.807) is 24.5 Å². The fraction of sp³-hybridized carbons (Fsp3) is 0.250. The van der Waals surface area contributed by atoms with Gasteiger partial charge in [-0.2, -0.15) is 4.98 Å². The quantitative estimate of drug-likeness (QED) is 0.350. The number of aromatic nitrogens is 3. The monoisotopic (exact) mass is 519 g/mol. The second kappa shape index (κ2) is 11.1. The zero-order valence-electron chi connectivity index (χ0n) is 21.0. The highest BCUT2D eigenvalue weighted by Crippen LogP contribution is 2.30. The summed E-state index contributed by atoms with van der Waals surface area (Å²) in [5, 5.41) is 10.7. The maximum atomic E-state index is 13.8. The van der Waals surface area contributed by atoms with Gasteiger partial charge in [0.15, 0.2) is 4.90 Å². The number of aryl methyl sites for hydroxylation is 2. The molecule has 2 aromatic carbocycles. The summed E-state index contributed by atoms with van der Waals surface area (Å²) in [6.45, 7) is 3.95. The lowest BCUT2D eigenvalue weighted by Crippen LogP contribution is -2.35. The van der Waals surface area contributed by atoms with Crippen molar-refractivity contribution in [2.24, 2.45) is 0 Å². The van der Waals surface area contributed by atoms with Crippen LogP contribution in [0, 0.1) is 6.92 Å². The molecule has 1 N–H and O–H groups in total. The van der Waals surface area contributed by atoms with Crippen LogP contribution in [0.3, 0.4) is 0 Å². The number of benzene rings is 2. The summed E-state index contributed by atoms with van der Waals surface area (Å²) in [7, 11) is -2.88. The second-order valence-electron chi connectivity index (χ2n) is 8.71.